The van der Waals surface area contributed by atoms with Crippen LogP contribution in [0.2, 0.25) is 0 Å². The van der Waals surface area contributed by atoms with E-state index in [1.807, 2.05) is 26.0 Å². The Morgan fingerprint density at radius 1 is 1.04 bits per heavy atom. The number of anilines is 1. The van der Waals surface area contributed by atoms with Crippen LogP contribution in [0.5, 0.6) is 0 Å². The van der Waals surface area contributed by atoms with Gasteiger partial charge in [0.05, 0.1) is 6.54 Å². The van der Waals surface area contributed by atoms with Gasteiger partial charge in [0.1, 0.15) is 6.54 Å². The molecule has 1 aliphatic rings. The van der Waals surface area contributed by atoms with Crippen molar-refractivity contribution in [3.63, 3.8) is 0 Å². The van der Waals surface area contributed by atoms with E-state index in [9.17, 15) is 9.59 Å². The van der Waals surface area contributed by atoms with Crippen LogP contribution in [0.1, 0.15) is 35.3 Å². The third-order valence-corrected chi connectivity index (χ3v) is 5.16. The number of amides is 2. The summed E-state index contributed by atoms with van der Waals surface area (Å²) >= 11 is 0. The van der Waals surface area contributed by atoms with Crippen molar-refractivity contribution in [3.05, 3.63) is 65.2 Å². The quantitative estimate of drug-likeness (QED) is 0.818. The summed E-state index contributed by atoms with van der Waals surface area (Å²) in [6.07, 6.45) is 1.01. The Labute approximate surface area is 161 Å². The number of nitrogens with zero attached hydrogens (tertiary/aromatic N) is 1. The Kier molecular flexibility index (Phi) is 6.24. The van der Waals surface area contributed by atoms with Crippen LogP contribution >= 0.6 is 0 Å². The van der Waals surface area contributed by atoms with Gasteiger partial charge < -0.3 is 15.1 Å². The van der Waals surface area contributed by atoms with E-state index in [0.29, 0.717) is 30.9 Å². The summed E-state index contributed by atoms with van der Waals surface area (Å²) in [4.78, 5) is 28.0. The molecule has 0 aliphatic carbocycles. The van der Waals surface area contributed by atoms with E-state index in [1.54, 1.807) is 17.0 Å². The van der Waals surface area contributed by atoms with E-state index in [1.165, 1.54) is 16.0 Å². The number of carbonyl (C=O) groups excluding carboxylic acids is 2. The van der Waals surface area contributed by atoms with E-state index < -0.39 is 0 Å². The number of nitrogens with one attached hydrogen (secondary N) is 2. The zero-order valence-electron chi connectivity index (χ0n) is 16.1. The Bertz CT molecular complexity index is 815. The number of hydrogen-bond acceptors (Lipinski definition) is 2. The first-order chi connectivity index (χ1) is 13.1. The second-order valence-corrected chi connectivity index (χ2v) is 6.98. The fraction of sp³-hybridized carbons (Fsp3) is 0.364. The second-order valence-electron chi connectivity index (χ2n) is 6.98. The highest BCUT2D eigenvalue weighted by molar-refractivity contribution is 5.97. The average Bonchev–Trinajstić information content (AvgIpc) is 2.69. The fourth-order valence-electron chi connectivity index (χ4n) is 3.65. The molecular weight excluding hydrogens is 338 g/mol. The minimum atomic E-state index is -0.0168. The topological polar surface area (TPSA) is 53.9 Å². The van der Waals surface area contributed by atoms with Crippen LogP contribution in [0.15, 0.2) is 48.5 Å². The molecule has 5 heteroatoms. The van der Waals surface area contributed by atoms with Gasteiger partial charge in [0.2, 0.25) is 0 Å². The Morgan fingerprint density at radius 3 is 2.52 bits per heavy atom. The molecule has 0 radical (unpaired) electrons. The minimum absolute atomic E-state index is 0.00522. The first-order valence-corrected chi connectivity index (χ1v) is 9.70. The smallest absolute Gasteiger partial charge is 0.279 e. The Hall–Kier alpha value is -2.66. The molecule has 0 saturated carbocycles. The van der Waals surface area contributed by atoms with Gasteiger partial charge in [-0.15, -0.1) is 0 Å². The second kappa shape index (κ2) is 8.82. The molecule has 0 aromatic heterocycles. The number of hydrogen-bond donors (Lipinski definition) is 2. The van der Waals surface area contributed by atoms with Crippen LogP contribution < -0.4 is 10.2 Å². The maximum atomic E-state index is 12.5. The van der Waals surface area contributed by atoms with E-state index in [0.717, 1.165) is 19.5 Å². The number of benzene rings is 2. The van der Waals surface area contributed by atoms with Crippen LogP contribution in [0.3, 0.4) is 0 Å². The molecule has 1 heterocycles. The predicted octanol–water partition coefficient (Wildman–Crippen LogP) is 1.75. The summed E-state index contributed by atoms with van der Waals surface area (Å²) in [6.45, 7) is 7.55. The molecule has 2 aromatic carbocycles. The maximum Gasteiger partial charge on any atom is 0.279 e. The molecule has 0 bridgehead atoms. The fourth-order valence-corrected chi connectivity index (χ4v) is 3.65. The molecule has 1 aliphatic heterocycles. The van der Waals surface area contributed by atoms with Gasteiger partial charge in [-0.05, 0) is 37.6 Å². The maximum absolute atomic E-state index is 12.5. The number of carbonyl (C=O) groups is 2. The number of quaternary nitrogens is 1. The van der Waals surface area contributed by atoms with E-state index in [4.69, 9.17) is 0 Å². The molecule has 2 aromatic rings. The highest BCUT2D eigenvalue weighted by Gasteiger charge is 2.21. The lowest BCUT2D eigenvalue weighted by Gasteiger charge is -2.25. The van der Waals surface area contributed by atoms with Gasteiger partial charge in [0.15, 0.2) is 6.54 Å². The summed E-state index contributed by atoms with van der Waals surface area (Å²) in [5.41, 5.74) is 4.01. The minimum Gasteiger partial charge on any atom is -0.339 e. The van der Waals surface area contributed by atoms with Crippen LogP contribution in [0.4, 0.5) is 5.69 Å². The molecule has 5 nitrogen and oxygen atoms in total. The van der Waals surface area contributed by atoms with E-state index in [2.05, 4.69) is 29.6 Å². The van der Waals surface area contributed by atoms with Gasteiger partial charge in [0, 0.05) is 36.3 Å². The lowest BCUT2D eigenvalue weighted by atomic mass is 10.00. The van der Waals surface area contributed by atoms with Crippen molar-refractivity contribution in [1.82, 2.24) is 4.90 Å². The van der Waals surface area contributed by atoms with E-state index >= 15 is 0 Å². The molecule has 1 unspecified atom stereocenters. The van der Waals surface area contributed by atoms with Crippen molar-refractivity contribution >= 4 is 17.5 Å². The number of fused-ring (bicyclic) bond motifs is 1. The van der Waals surface area contributed by atoms with Gasteiger partial charge in [-0.25, -0.2) is 0 Å². The third-order valence-electron chi connectivity index (χ3n) is 5.16. The standard InChI is InChI=1S/C22H27N3O2/c1-3-25(4-2)22(27)18-10-7-11-20(14-18)23-21(26)16-24-13-12-17-8-5-6-9-19(17)15-24/h5-11,14H,3-4,12-13,15-16H2,1-2H3,(H,23,26)/p+1. The van der Waals surface area contributed by atoms with Crippen molar-refractivity contribution in [2.45, 2.75) is 26.8 Å². The Balaban J connectivity index is 1.60. The summed E-state index contributed by atoms with van der Waals surface area (Å²) in [5.74, 6) is -0.0221. The molecule has 2 amide bonds. The zero-order valence-corrected chi connectivity index (χ0v) is 16.1. The van der Waals surface area contributed by atoms with Crippen molar-refractivity contribution in [2.75, 3.05) is 31.5 Å². The first kappa shape index (κ1) is 19.1. The lowest BCUT2D eigenvalue weighted by molar-refractivity contribution is -0.907. The molecule has 0 saturated heterocycles. The molecule has 1 atom stereocenters. The highest BCUT2D eigenvalue weighted by Crippen LogP contribution is 2.13. The first-order valence-electron chi connectivity index (χ1n) is 9.70. The molecule has 2 N–H and O–H groups in total. The van der Waals surface area contributed by atoms with Gasteiger partial charge in [-0.1, -0.05) is 30.3 Å². The van der Waals surface area contributed by atoms with Crippen molar-refractivity contribution in [2.24, 2.45) is 0 Å². The van der Waals surface area contributed by atoms with Crippen molar-refractivity contribution in [3.8, 4) is 0 Å². The summed E-state index contributed by atoms with van der Waals surface area (Å²) < 4.78 is 0. The summed E-state index contributed by atoms with van der Waals surface area (Å²) in [7, 11) is 0. The zero-order chi connectivity index (χ0) is 19.2. The molecular formula is C22H28N3O2+. The summed E-state index contributed by atoms with van der Waals surface area (Å²) in [6, 6.07) is 15.7. The molecule has 0 spiro atoms. The van der Waals surface area contributed by atoms with Crippen LogP contribution in [0.25, 0.3) is 0 Å². The lowest BCUT2D eigenvalue weighted by Crippen LogP contribution is -3.12. The largest absolute Gasteiger partial charge is 0.339 e. The SMILES string of the molecule is CCN(CC)C(=O)c1cccc(NC(=O)C[NH+]2CCc3ccccc3C2)c1. The van der Waals surface area contributed by atoms with Gasteiger partial charge in [-0.2, -0.15) is 0 Å². The third kappa shape index (κ3) is 4.74. The predicted molar refractivity (Wildman–Crippen MR) is 107 cm³/mol. The van der Waals surface area contributed by atoms with Crippen LogP contribution in [-0.2, 0) is 17.8 Å². The number of rotatable bonds is 6. The van der Waals surface area contributed by atoms with Crippen LogP contribution in [-0.4, -0.2) is 42.9 Å². The molecule has 0 fully saturated rings. The van der Waals surface area contributed by atoms with Gasteiger partial charge in [-0.3, -0.25) is 9.59 Å². The van der Waals surface area contributed by atoms with Crippen LogP contribution in [0, 0.1) is 0 Å². The highest BCUT2D eigenvalue weighted by atomic mass is 16.2. The normalized spacial score (nSPS) is 15.7. The van der Waals surface area contributed by atoms with Gasteiger partial charge >= 0.3 is 0 Å². The average molecular weight is 366 g/mol. The van der Waals surface area contributed by atoms with Crippen molar-refractivity contribution < 1.29 is 14.5 Å². The summed E-state index contributed by atoms with van der Waals surface area (Å²) in [5, 5.41) is 2.95. The molecule has 27 heavy (non-hydrogen) atoms. The van der Waals surface area contributed by atoms with Crippen molar-refractivity contribution in [1.29, 1.82) is 0 Å². The Morgan fingerprint density at radius 2 is 1.78 bits per heavy atom. The van der Waals surface area contributed by atoms with E-state index in [-0.39, 0.29) is 11.8 Å². The van der Waals surface area contributed by atoms with Gasteiger partial charge in [0.25, 0.3) is 11.8 Å². The molecule has 3 rings (SSSR count). The monoisotopic (exact) mass is 366 g/mol. The molecule has 142 valence electrons.